The van der Waals surface area contributed by atoms with Crippen molar-refractivity contribution in [3.05, 3.63) is 42.4 Å². The van der Waals surface area contributed by atoms with Crippen molar-refractivity contribution in [3.8, 4) is 0 Å². The van der Waals surface area contributed by atoms with Crippen molar-refractivity contribution in [1.29, 1.82) is 0 Å². The van der Waals surface area contributed by atoms with Gasteiger partial charge in [-0.15, -0.1) is 0 Å². The molecule has 2 aromatic heterocycles. The third-order valence-electron chi connectivity index (χ3n) is 3.51. The van der Waals surface area contributed by atoms with E-state index in [1.807, 2.05) is 18.2 Å². The van der Waals surface area contributed by atoms with Gasteiger partial charge in [0.15, 0.2) is 5.69 Å². The number of rotatable bonds is 6. The number of nitrogens with zero attached hydrogens (tertiary/aromatic N) is 2. The highest BCUT2D eigenvalue weighted by molar-refractivity contribution is 6.01. The van der Waals surface area contributed by atoms with Gasteiger partial charge in [-0.25, -0.2) is 9.78 Å². The molecule has 2 heterocycles. The molecule has 3 N–H and O–H groups in total. The number of hydrogen-bond donors (Lipinski definition) is 3. The number of esters is 1. The maximum absolute atomic E-state index is 12.2. The molecule has 8 heteroatoms. The van der Waals surface area contributed by atoms with E-state index in [0.717, 1.165) is 5.52 Å². The third-order valence-corrected chi connectivity index (χ3v) is 3.51. The Hall–Kier alpha value is -3.16. The van der Waals surface area contributed by atoms with Crippen LogP contribution in [0.2, 0.25) is 0 Å². The minimum atomic E-state index is -0.508. The summed E-state index contributed by atoms with van der Waals surface area (Å²) < 4.78 is 5.36. The minimum Gasteiger partial charge on any atom is -0.458 e. The van der Waals surface area contributed by atoms with Gasteiger partial charge >= 0.3 is 5.97 Å². The Balaban J connectivity index is 1.52. The second-order valence-electron chi connectivity index (χ2n) is 5.36. The van der Waals surface area contributed by atoms with Crippen molar-refractivity contribution < 1.29 is 14.3 Å². The van der Waals surface area contributed by atoms with Crippen molar-refractivity contribution in [2.45, 2.75) is 25.9 Å². The second-order valence-corrected chi connectivity index (χ2v) is 5.36. The Bertz CT molecular complexity index is 840. The Labute approximate surface area is 137 Å². The van der Waals surface area contributed by atoms with Crippen LogP contribution >= 0.6 is 0 Å². The molecule has 0 saturated carbocycles. The number of carbonyl (C=O) groups is 2. The summed E-state index contributed by atoms with van der Waals surface area (Å²) in [6.45, 7) is 1.74. The Morgan fingerprint density at radius 3 is 2.96 bits per heavy atom. The van der Waals surface area contributed by atoms with Gasteiger partial charge in [0.2, 0.25) is 11.9 Å². The molecule has 8 nitrogen and oxygen atoms in total. The van der Waals surface area contributed by atoms with Gasteiger partial charge in [0.25, 0.3) is 0 Å². The highest BCUT2D eigenvalue weighted by atomic mass is 16.5. The predicted octanol–water partition coefficient (Wildman–Crippen LogP) is 2.25. The number of anilines is 1. The first-order valence-corrected chi connectivity index (χ1v) is 7.57. The van der Waals surface area contributed by atoms with Crippen LogP contribution in [0.1, 0.15) is 30.3 Å². The van der Waals surface area contributed by atoms with Crippen molar-refractivity contribution >= 4 is 28.7 Å². The average Bonchev–Trinajstić information content (AvgIpc) is 3.22. The molecule has 124 valence electrons. The summed E-state index contributed by atoms with van der Waals surface area (Å²) >= 11 is 0. The van der Waals surface area contributed by atoms with Gasteiger partial charge in [-0.3, -0.25) is 15.2 Å². The molecule has 1 atom stereocenters. The second kappa shape index (κ2) is 6.95. The first kappa shape index (κ1) is 15.7. The number of aromatic nitrogens is 4. The zero-order chi connectivity index (χ0) is 16.9. The number of amides is 1. The maximum atomic E-state index is 12.2. The molecule has 0 spiro atoms. The van der Waals surface area contributed by atoms with Crippen molar-refractivity contribution in [1.82, 2.24) is 20.2 Å². The summed E-state index contributed by atoms with van der Waals surface area (Å²) in [4.78, 5) is 30.7. The van der Waals surface area contributed by atoms with Crippen LogP contribution < -0.4 is 5.32 Å². The van der Waals surface area contributed by atoms with Gasteiger partial charge in [0.05, 0.1) is 11.6 Å². The number of carbonyl (C=O) groups excluding carboxylic acids is 2. The molecule has 0 saturated heterocycles. The van der Waals surface area contributed by atoms with Crippen LogP contribution in [0.5, 0.6) is 0 Å². The van der Waals surface area contributed by atoms with Gasteiger partial charge < -0.3 is 9.72 Å². The van der Waals surface area contributed by atoms with E-state index >= 15 is 0 Å². The van der Waals surface area contributed by atoms with Crippen LogP contribution in [0, 0.1) is 0 Å². The lowest BCUT2D eigenvalue weighted by molar-refractivity contribution is -0.116. The zero-order valence-corrected chi connectivity index (χ0v) is 13.1. The fourth-order valence-electron chi connectivity index (χ4n) is 2.28. The molecule has 0 aliphatic heterocycles. The van der Waals surface area contributed by atoms with E-state index in [1.54, 1.807) is 25.4 Å². The van der Waals surface area contributed by atoms with Crippen LogP contribution in [-0.4, -0.2) is 38.1 Å². The normalized spacial score (nSPS) is 12.0. The summed E-state index contributed by atoms with van der Waals surface area (Å²) in [7, 11) is 0. The average molecular weight is 327 g/mol. The lowest BCUT2D eigenvalue weighted by atomic mass is 10.2. The van der Waals surface area contributed by atoms with Crippen molar-refractivity contribution in [2.24, 2.45) is 0 Å². The number of fused-ring (bicyclic) bond motifs is 1. The smallest absolute Gasteiger partial charge is 0.359 e. The maximum Gasteiger partial charge on any atom is 0.359 e. The van der Waals surface area contributed by atoms with E-state index < -0.39 is 12.1 Å². The molecular weight excluding hydrogens is 310 g/mol. The molecule has 24 heavy (non-hydrogen) atoms. The summed E-state index contributed by atoms with van der Waals surface area (Å²) in [5, 5.41) is 10.1. The number of para-hydroxylation sites is 1. The lowest BCUT2D eigenvalue weighted by Crippen LogP contribution is -2.19. The molecule has 1 aromatic carbocycles. The standard InChI is InChI=1S/C16H17N5O3/c1-10(6-7-13(22)19-16-17-8-9-18-16)24-15(23)14-11-4-2-3-5-12(11)20-21-14/h2-5,8-10H,6-7H2,1H3,(H,20,21)(H2,17,18,19,22). The SMILES string of the molecule is CC(CCC(=O)Nc1ncc[nH]1)OC(=O)c1n[nH]c2ccccc12. The monoisotopic (exact) mass is 327 g/mol. The van der Waals surface area contributed by atoms with E-state index in [2.05, 4.69) is 25.5 Å². The molecule has 1 unspecified atom stereocenters. The number of benzene rings is 1. The number of ether oxygens (including phenoxy) is 1. The fraction of sp³-hybridized carbons (Fsp3) is 0.250. The summed E-state index contributed by atoms with van der Waals surface area (Å²) in [5.74, 6) is -0.308. The zero-order valence-electron chi connectivity index (χ0n) is 13.1. The predicted molar refractivity (Wildman–Crippen MR) is 87.4 cm³/mol. The Morgan fingerprint density at radius 1 is 1.33 bits per heavy atom. The summed E-state index contributed by atoms with van der Waals surface area (Å²) in [5.41, 5.74) is 1.02. The van der Waals surface area contributed by atoms with Crippen molar-refractivity contribution in [3.63, 3.8) is 0 Å². The quantitative estimate of drug-likeness (QED) is 0.601. The van der Waals surface area contributed by atoms with Crippen LogP contribution in [0.4, 0.5) is 5.95 Å². The Kier molecular flexibility index (Phi) is 4.55. The van der Waals surface area contributed by atoms with Gasteiger partial charge in [-0.2, -0.15) is 5.10 Å². The molecule has 1 amide bonds. The van der Waals surface area contributed by atoms with E-state index in [1.165, 1.54) is 0 Å². The third kappa shape index (κ3) is 3.60. The van der Waals surface area contributed by atoms with E-state index in [-0.39, 0.29) is 18.0 Å². The van der Waals surface area contributed by atoms with E-state index in [0.29, 0.717) is 17.8 Å². The van der Waals surface area contributed by atoms with Gasteiger partial charge in [0, 0.05) is 24.2 Å². The van der Waals surface area contributed by atoms with Gasteiger partial charge in [-0.05, 0) is 19.4 Å². The first-order chi connectivity index (χ1) is 11.6. The fourth-order valence-corrected chi connectivity index (χ4v) is 2.28. The number of nitrogens with one attached hydrogen (secondary N) is 3. The highest BCUT2D eigenvalue weighted by Gasteiger charge is 2.18. The molecular formula is C16H17N5O3. The molecule has 0 aliphatic carbocycles. The summed E-state index contributed by atoms with van der Waals surface area (Å²) in [6.07, 6.45) is 3.38. The van der Waals surface area contributed by atoms with Gasteiger partial charge in [0.1, 0.15) is 0 Å². The topological polar surface area (TPSA) is 113 Å². The largest absolute Gasteiger partial charge is 0.458 e. The first-order valence-electron chi connectivity index (χ1n) is 7.57. The van der Waals surface area contributed by atoms with Crippen LogP contribution in [-0.2, 0) is 9.53 Å². The van der Waals surface area contributed by atoms with Crippen LogP contribution in [0.25, 0.3) is 10.9 Å². The lowest BCUT2D eigenvalue weighted by Gasteiger charge is -2.12. The number of aromatic amines is 2. The van der Waals surface area contributed by atoms with E-state index in [9.17, 15) is 9.59 Å². The number of hydrogen-bond acceptors (Lipinski definition) is 5. The van der Waals surface area contributed by atoms with Crippen molar-refractivity contribution in [2.75, 3.05) is 5.32 Å². The molecule has 0 aliphatic rings. The summed E-state index contributed by atoms with van der Waals surface area (Å²) in [6, 6.07) is 7.32. The molecule has 3 aromatic rings. The number of H-pyrrole nitrogens is 2. The molecule has 3 rings (SSSR count). The van der Waals surface area contributed by atoms with Crippen LogP contribution in [0.3, 0.4) is 0 Å². The number of imidazole rings is 1. The highest BCUT2D eigenvalue weighted by Crippen LogP contribution is 2.17. The van der Waals surface area contributed by atoms with Gasteiger partial charge in [-0.1, -0.05) is 18.2 Å². The Morgan fingerprint density at radius 2 is 2.17 bits per heavy atom. The molecule has 0 bridgehead atoms. The van der Waals surface area contributed by atoms with E-state index in [4.69, 9.17) is 4.74 Å². The molecule has 0 radical (unpaired) electrons. The van der Waals surface area contributed by atoms with Crippen LogP contribution in [0.15, 0.2) is 36.7 Å². The molecule has 0 fully saturated rings. The minimum absolute atomic E-state index is 0.196.